The number of rotatable bonds is 7. The average Bonchev–Trinajstić information content (AvgIpc) is 2.22. The standard InChI is InChI=1S/C11H14BrClO3S/c12-10-5-4-6-11(9-10)16-7-2-1-3-8-17(13,14)15/h4-6,9H,1-3,7-8H2. The van der Waals surface area contributed by atoms with Crippen molar-refractivity contribution in [2.24, 2.45) is 0 Å². The van der Waals surface area contributed by atoms with Crippen molar-refractivity contribution in [2.45, 2.75) is 19.3 Å². The molecule has 1 rings (SSSR count). The minimum Gasteiger partial charge on any atom is -0.494 e. The zero-order valence-electron chi connectivity index (χ0n) is 9.23. The largest absolute Gasteiger partial charge is 0.494 e. The molecule has 1 aromatic carbocycles. The van der Waals surface area contributed by atoms with Gasteiger partial charge in [-0.25, -0.2) is 8.42 Å². The molecule has 0 spiro atoms. The van der Waals surface area contributed by atoms with E-state index in [9.17, 15) is 8.42 Å². The lowest BCUT2D eigenvalue weighted by atomic mass is 10.3. The fourth-order valence-corrected chi connectivity index (χ4v) is 2.55. The molecule has 1 aromatic rings. The maximum Gasteiger partial charge on any atom is 0.232 e. The number of benzene rings is 1. The number of halogens is 2. The van der Waals surface area contributed by atoms with Crippen LogP contribution in [-0.4, -0.2) is 20.8 Å². The molecule has 17 heavy (non-hydrogen) atoms. The Morgan fingerprint density at radius 2 is 2.00 bits per heavy atom. The molecule has 0 unspecified atom stereocenters. The van der Waals surface area contributed by atoms with Crippen molar-refractivity contribution in [2.75, 3.05) is 12.4 Å². The van der Waals surface area contributed by atoms with Gasteiger partial charge in [0.05, 0.1) is 12.4 Å². The second-order valence-corrected chi connectivity index (χ2v) is 7.42. The normalized spacial score (nSPS) is 11.4. The van der Waals surface area contributed by atoms with Gasteiger partial charge in [0.1, 0.15) is 5.75 Å². The summed E-state index contributed by atoms with van der Waals surface area (Å²) in [5.74, 6) is 0.843. The Morgan fingerprint density at radius 1 is 1.24 bits per heavy atom. The second kappa shape index (κ2) is 7.24. The molecule has 0 saturated heterocycles. The minimum absolute atomic E-state index is 0.0332. The van der Waals surface area contributed by atoms with Crippen molar-refractivity contribution < 1.29 is 13.2 Å². The molecule has 0 N–H and O–H groups in total. The third kappa shape index (κ3) is 7.63. The average molecular weight is 342 g/mol. The van der Waals surface area contributed by atoms with E-state index in [2.05, 4.69) is 15.9 Å². The molecule has 3 nitrogen and oxygen atoms in total. The van der Waals surface area contributed by atoms with Crippen LogP contribution in [-0.2, 0) is 9.05 Å². The van der Waals surface area contributed by atoms with Gasteiger partial charge in [0.15, 0.2) is 0 Å². The molecule has 0 radical (unpaired) electrons. The molecule has 0 aromatic heterocycles. The van der Waals surface area contributed by atoms with E-state index in [1.54, 1.807) is 0 Å². The van der Waals surface area contributed by atoms with Crippen molar-refractivity contribution in [1.29, 1.82) is 0 Å². The predicted octanol–water partition coefficient (Wildman–Crippen LogP) is 3.57. The first-order valence-corrected chi connectivity index (χ1v) is 8.55. The summed E-state index contributed by atoms with van der Waals surface area (Å²) < 4.78 is 27.8. The predicted molar refractivity (Wildman–Crippen MR) is 73.1 cm³/mol. The summed E-state index contributed by atoms with van der Waals surface area (Å²) in [6.07, 6.45) is 2.19. The molecular weight excluding hydrogens is 328 g/mol. The van der Waals surface area contributed by atoms with Gasteiger partial charge in [-0.3, -0.25) is 0 Å². The molecule has 0 bridgehead atoms. The summed E-state index contributed by atoms with van der Waals surface area (Å²) >= 11 is 3.36. The summed E-state index contributed by atoms with van der Waals surface area (Å²) in [7, 11) is 1.75. The van der Waals surface area contributed by atoms with Crippen molar-refractivity contribution >= 4 is 35.7 Å². The van der Waals surface area contributed by atoms with Gasteiger partial charge >= 0.3 is 0 Å². The molecule has 96 valence electrons. The Morgan fingerprint density at radius 3 is 2.65 bits per heavy atom. The Kier molecular flexibility index (Phi) is 6.30. The van der Waals surface area contributed by atoms with Gasteiger partial charge in [0.2, 0.25) is 9.05 Å². The monoisotopic (exact) mass is 340 g/mol. The third-order valence-electron chi connectivity index (χ3n) is 2.10. The van der Waals surface area contributed by atoms with Crippen LogP contribution >= 0.6 is 26.6 Å². The van der Waals surface area contributed by atoms with Crippen molar-refractivity contribution in [3.63, 3.8) is 0 Å². The highest BCUT2D eigenvalue weighted by Crippen LogP contribution is 2.18. The first-order valence-electron chi connectivity index (χ1n) is 5.28. The fraction of sp³-hybridized carbons (Fsp3) is 0.455. The van der Waals surface area contributed by atoms with E-state index >= 15 is 0 Å². The first-order chi connectivity index (χ1) is 7.97. The van der Waals surface area contributed by atoms with Gasteiger partial charge in [0, 0.05) is 15.2 Å². The van der Waals surface area contributed by atoms with E-state index in [0.29, 0.717) is 13.0 Å². The highest BCUT2D eigenvalue weighted by Gasteiger charge is 2.03. The lowest BCUT2D eigenvalue weighted by Crippen LogP contribution is -2.00. The van der Waals surface area contributed by atoms with Crippen LogP contribution in [0.5, 0.6) is 5.75 Å². The molecule has 0 amide bonds. The van der Waals surface area contributed by atoms with Crippen LogP contribution in [0.4, 0.5) is 0 Å². The fourth-order valence-electron chi connectivity index (χ4n) is 1.30. The van der Waals surface area contributed by atoms with Crippen LogP contribution < -0.4 is 4.74 Å². The number of ether oxygens (including phenoxy) is 1. The molecule has 0 fully saturated rings. The van der Waals surface area contributed by atoms with Crippen LogP contribution in [0.3, 0.4) is 0 Å². The smallest absolute Gasteiger partial charge is 0.232 e. The summed E-state index contributed by atoms with van der Waals surface area (Å²) in [5.41, 5.74) is 0. The Bertz CT molecular complexity index is 448. The van der Waals surface area contributed by atoms with Crippen LogP contribution in [0.25, 0.3) is 0 Å². The first kappa shape index (κ1) is 14.8. The number of hydrogen-bond acceptors (Lipinski definition) is 3. The second-order valence-electron chi connectivity index (χ2n) is 3.61. The highest BCUT2D eigenvalue weighted by atomic mass is 79.9. The third-order valence-corrected chi connectivity index (χ3v) is 3.83. The quantitative estimate of drug-likeness (QED) is 0.562. The Hall–Kier alpha value is -0.260. The lowest BCUT2D eigenvalue weighted by Gasteiger charge is -2.05. The SMILES string of the molecule is O=S(=O)(Cl)CCCCCOc1cccc(Br)c1. The maximum absolute atomic E-state index is 10.7. The van der Waals surface area contributed by atoms with Crippen LogP contribution in [0.1, 0.15) is 19.3 Å². The Balaban J connectivity index is 2.13. The number of unbranched alkanes of at least 4 members (excludes halogenated alkanes) is 2. The summed E-state index contributed by atoms with van der Waals surface area (Å²) in [5, 5.41) is 0. The number of hydrogen-bond donors (Lipinski definition) is 0. The van der Waals surface area contributed by atoms with E-state index in [4.69, 9.17) is 15.4 Å². The van der Waals surface area contributed by atoms with Gasteiger partial charge in [-0.05, 0) is 37.5 Å². The van der Waals surface area contributed by atoms with E-state index in [-0.39, 0.29) is 5.75 Å². The van der Waals surface area contributed by atoms with Crippen LogP contribution in [0.15, 0.2) is 28.7 Å². The molecular formula is C11H14BrClO3S. The van der Waals surface area contributed by atoms with E-state index < -0.39 is 9.05 Å². The molecule has 0 aliphatic carbocycles. The summed E-state index contributed by atoms with van der Waals surface area (Å²) in [6.45, 7) is 0.582. The van der Waals surface area contributed by atoms with Gasteiger partial charge in [0.25, 0.3) is 0 Å². The van der Waals surface area contributed by atoms with Crippen LogP contribution in [0, 0.1) is 0 Å². The molecule has 6 heteroatoms. The van der Waals surface area contributed by atoms with E-state index in [0.717, 1.165) is 23.1 Å². The topological polar surface area (TPSA) is 43.4 Å². The van der Waals surface area contributed by atoms with E-state index in [1.165, 1.54) is 0 Å². The van der Waals surface area contributed by atoms with Gasteiger partial charge < -0.3 is 4.74 Å². The van der Waals surface area contributed by atoms with Crippen LogP contribution in [0.2, 0.25) is 0 Å². The van der Waals surface area contributed by atoms with Gasteiger partial charge in [-0.1, -0.05) is 22.0 Å². The molecule has 0 heterocycles. The molecule has 0 aliphatic heterocycles. The minimum atomic E-state index is -3.34. The zero-order valence-corrected chi connectivity index (χ0v) is 12.4. The van der Waals surface area contributed by atoms with Gasteiger partial charge in [-0.2, -0.15) is 0 Å². The van der Waals surface area contributed by atoms with Gasteiger partial charge in [-0.15, -0.1) is 0 Å². The maximum atomic E-state index is 10.7. The molecule has 0 aliphatic rings. The molecule has 0 atom stereocenters. The van der Waals surface area contributed by atoms with Crippen molar-refractivity contribution in [3.05, 3.63) is 28.7 Å². The van der Waals surface area contributed by atoms with Crippen molar-refractivity contribution in [1.82, 2.24) is 0 Å². The zero-order chi connectivity index (χ0) is 12.7. The summed E-state index contributed by atoms with van der Waals surface area (Å²) in [4.78, 5) is 0. The highest BCUT2D eigenvalue weighted by molar-refractivity contribution is 9.10. The molecule has 0 saturated carbocycles. The van der Waals surface area contributed by atoms with E-state index in [1.807, 2.05) is 24.3 Å². The lowest BCUT2D eigenvalue weighted by molar-refractivity contribution is 0.306. The Labute approximate surface area is 115 Å². The summed E-state index contributed by atoms with van der Waals surface area (Å²) in [6, 6.07) is 7.61. The van der Waals surface area contributed by atoms with Crippen molar-refractivity contribution in [3.8, 4) is 5.75 Å².